The van der Waals surface area contributed by atoms with Crippen molar-refractivity contribution in [3.8, 4) is 0 Å². The highest BCUT2D eigenvalue weighted by Gasteiger charge is 2.14. The Balaban J connectivity index is 2.28. The Morgan fingerprint density at radius 3 is 2.00 bits per heavy atom. The lowest BCUT2D eigenvalue weighted by atomic mass is 9.83. The largest absolute Gasteiger partial charge is 0.0998 e. The molecule has 33 valence electrons. The highest BCUT2D eigenvalue weighted by molar-refractivity contribution is 5.07. The smallest absolute Gasteiger partial charge is 0.0291 e. The van der Waals surface area contributed by atoms with E-state index in [9.17, 15) is 0 Å². The summed E-state index contributed by atoms with van der Waals surface area (Å²) in [7, 11) is 0. The van der Waals surface area contributed by atoms with Crippen molar-refractivity contribution in [3.05, 3.63) is 19.1 Å². The van der Waals surface area contributed by atoms with Crippen LogP contribution in [0.3, 0.4) is 0 Å². The molecule has 0 nitrogen and oxygen atoms in total. The molecule has 0 aliphatic heterocycles. The van der Waals surface area contributed by atoms with Crippen molar-refractivity contribution < 1.29 is 0 Å². The van der Waals surface area contributed by atoms with Crippen LogP contribution < -0.4 is 0 Å². The second-order valence-corrected chi connectivity index (χ2v) is 2.02. The minimum absolute atomic E-state index is 0.692. The first-order chi connectivity index (χ1) is 2.79. The van der Waals surface area contributed by atoms with Crippen LogP contribution in [0, 0.1) is 12.8 Å². The van der Waals surface area contributed by atoms with E-state index >= 15 is 0 Å². The molecule has 0 amide bonds. The first kappa shape index (κ1) is 3.91. The Hall–Kier alpha value is -0.260. The summed E-state index contributed by atoms with van der Waals surface area (Å²) in [5, 5.41) is 0. The standard InChI is InChI=1S/C6H9/c1-5-3-6(2)4-5/h5H,1-4H2. The van der Waals surface area contributed by atoms with Crippen LogP contribution in [-0.4, -0.2) is 0 Å². The molecular formula is C6H9. The molecule has 0 heterocycles. The van der Waals surface area contributed by atoms with Gasteiger partial charge >= 0.3 is 0 Å². The third-order valence-electron chi connectivity index (χ3n) is 1.15. The maximum atomic E-state index is 3.83. The number of hydrogen-bond acceptors (Lipinski definition) is 0. The molecule has 0 saturated heterocycles. The fraction of sp³-hybridized carbons (Fsp3) is 0.500. The molecule has 1 fully saturated rings. The predicted molar refractivity (Wildman–Crippen MR) is 27.2 cm³/mol. The Morgan fingerprint density at radius 2 is 2.00 bits per heavy atom. The van der Waals surface area contributed by atoms with Crippen molar-refractivity contribution in [3.63, 3.8) is 0 Å². The van der Waals surface area contributed by atoms with Crippen LogP contribution in [0.15, 0.2) is 12.2 Å². The quantitative estimate of drug-likeness (QED) is 0.390. The van der Waals surface area contributed by atoms with E-state index < -0.39 is 0 Å². The van der Waals surface area contributed by atoms with Gasteiger partial charge in [0.05, 0.1) is 0 Å². The van der Waals surface area contributed by atoms with E-state index in [2.05, 4.69) is 13.5 Å². The summed E-state index contributed by atoms with van der Waals surface area (Å²) in [6, 6.07) is 0. The van der Waals surface area contributed by atoms with Crippen molar-refractivity contribution in [2.45, 2.75) is 12.8 Å². The molecule has 1 saturated carbocycles. The highest BCUT2D eigenvalue weighted by atomic mass is 14.2. The number of rotatable bonds is 0. The van der Waals surface area contributed by atoms with E-state index in [1.807, 2.05) is 0 Å². The van der Waals surface area contributed by atoms with Gasteiger partial charge < -0.3 is 0 Å². The third-order valence-corrected chi connectivity index (χ3v) is 1.15. The minimum atomic E-state index is 0.692. The van der Waals surface area contributed by atoms with Gasteiger partial charge in [0.2, 0.25) is 0 Å². The van der Waals surface area contributed by atoms with Crippen LogP contribution >= 0.6 is 0 Å². The zero-order valence-corrected chi connectivity index (χ0v) is 3.91. The molecule has 0 atom stereocenters. The number of hydrogen-bond donors (Lipinski definition) is 0. The molecular weight excluding hydrogens is 72.1 g/mol. The molecule has 0 heteroatoms. The van der Waals surface area contributed by atoms with Crippen LogP contribution in [0.25, 0.3) is 0 Å². The summed E-state index contributed by atoms with van der Waals surface area (Å²) in [5.41, 5.74) is 1.37. The van der Waals surface area contributed by atoms with E-state index in [0.717, 1.165) is 0 Å². The predicted octanol–water partition coefficient (Wildman–Crippen LogP) is 1.79. The zero-order chi connectivity index (χ0) is 4.57. The summed E-state index contributed by atoms with van der Waals surface area (Å²) in [5.74, 6) is 0.692. The molecule has 6 heavy (non-hydrogen) atoms. The van der Waals surface area contributed by atoms with Gasteiger partial charge in [-0.2, -0.15) is 0 Å². The molecule has 1 aliphatic rings. The molecule has 1 rings (SSSR count). The van der Waals surface area contributed by atoms with Gasteiger partial charge in [-0.05, 0) is 25.7 Å². The van der Waals surface area contributed by atoms with Crippen LogP contribution in [0.1, 0.15) is 12.8 Å². The SMILES string of the molecule is [CH2]C1CC(=C)C1. The van der Waals surface area contributed by atoms with Crippen LogP contribution in [0.4, 0.5) is 0 Å². The zero-order valence-electron chi connectivity index (χ0n) is 3.91. The van der Waals surface area contributed by atoms with Crippen molar-refractivity contribution in [1.29, 1.82) is 0 Å². The summed E-state index contributed by atoms with van der Waals surface area (Å²) in [6.07, 6.45) is 2.33. The van der Waals surface area contributed by atoms with Gasteiger partial charge in [0, 0.05) is 0 Å². The van der Waals surface area contributed by atoms with Crippen molar-refractivity contribution in [2.75, 3.05) is 0 Å². The van der Waals surface area contributed by atoms with Gasteiger partial charge in [-0.25, -0.2) is 0 Å². The van der Waals surface area contributed by atoms with E-state index in [0.29, 0.717) is 5.92 Å². The summed E-state index contributed by atoms with van der Waals surface area (Å²) in [4.78, 5) is 0. The van der Waals surface area contributed by atoms with Crippen LogP contribution in [0.2, 0.25) is 0 Å². The first-order valence-electron chi connectivity index (χ1n) is 2.29. The molecule has 0 aromatic rings. The fourth-order valence-corrected chi connectivity index (χ4v) is 0.757. The van der Waals surface area contributed by atoms with Gasteiger partial charge in [-0.15, -0.1) is 0 Å². The lowest BCUT2D eigenvalue weighted by molar-refractivity contribution is 0.513. The van der Waals surface area contributed by atoms with Gasteiger partial charge in [0.1, 0.15) is 0 Å². The molecule has 0 N–H and O–H groups in total. The first-order valence-corrected chi connectivity index (χ1v) is 2.29. The van der Waals surface area contributed by atoms with Crippen molar-refractivity contribution in [2.24, 2.45) is 5.92 Å². The fourth-order valence-electron chi connectivity index (χ4n) is 0.757. The second kappa shape index (κ2) is 1.11. The van der Waals surface area contributed by atoms with Crippen LogP contribution in [0.5, 0.6) is 0 Å². The lowest BCUT2D eigenvalue weighted by Gasteiger charge is -2.23. The van der Waals surface area contributed by atoms with Gasteiger partial charge in [0.25, 0.3) is 0 Å². The Kier molecular flexibility index (Phi) is 0.722. The highest BCUT2D eigenvalue weighted by Crippen LogP contribution is 2.29. The van der Waals surface area contributed by atoms with E-state index in [1.165, 1.54) is 18.4 Å². The molecule has 1 aliphatic carbocycles. The van der Waals surface area contributed by atoms with Crippen molar-refractivity contribution >= 4 is 0 Å². The molecule has 1 radical (unpaired) electrons. The summed E-state index contributed by atoms with van der Waals surface area (Å²) in [6.45, 7) is 7.60. The normalized spacial score (nSPS) is 23.8. The average Bonchev–Trinajstić information content (AvgIpc) is 1.33. The maximum Gasteiger partial charge on any atom is -0.0291 e. The third kappa shape index (κ3) is 0.469. The average molecular weight is 81.1 g/mol. The second-order valence-electron chi connectivity index (χ2n) is 2.02. The van der Waals surface area contributed by atoms with Gasteiger partial charge in [0.15, 0.2) is 0 Å². The Labute approximate surface area is 38.9 Å². The van der Waals surface area contributed by atoms with Gasteiger partial charge in [-0.3, -0.25) is 0 Å². The molecule has 0 aromatic carbocycles. The van der Waals surface area contributed by atoms with Crippen LogP contribution in [-0.2, 0) is 0 Å². The van der Waals surface area contributed by atoms with E-state index in [4.69, 9.17) is 0 Å². The van der Waals surface area contributed by atoms with E-state index in [1.54, 1.807) is 0 Å². The van der Waals surface area contributed by atoms with E-state index in [-0.39, 0.29) is 0 Å². The lowest BCUT2D eigenvalue weighted by Crippen LogP contribution is -2.08. The Morgan fingerprint density at radius 1 is 1.50 bits per heavy atom. The summed E-state index contributed by atoms with van der Waals surface area (Å²) < 4.78 is 0. The molecule has 0 aromatic heterocycles. The minimum Gasteiger partial charge on any atom is -0.0998 e. The molecule has 0 spiro atoms. The topological polar surface area (TPSA) is 0 Å². The Bertz CT molecular complexity index is 64.1. The molecule has 0 bridgehead atoms. The molecule has 0 unspecified atom stereocenters. The maximum absolute atomic E-state index is 3.83. The number of allylic oxidation sites excluding steroid dienone is 1. The van der Waals surface area contributed by atoms with Crippen molar-refractivity contribution in [1.82, 2.24) is 0 Å². The monoisotopic (exact) mass is 81.1 g/mol. The summed E-state index contributed by atoms with van der Waals surface area (Å²) >= 11 is 0. The van der Waals surface area contributed by atoms with Gasteiger partial charge in [-0.1, -0.05) is 12.2 Å².